The van der Waals surface area contributed by atoms with E-state index in [4.69, 9.17) is 31.1 Å². The average Bonchev–Trinajstić information content (AvgIpc) is 3.29. The zero-order valence-electron chi connectivity index (χ0n) is 30.8. The molecule has 0 spiro atoms. The number of halogens is 2. The van der Waals surface area contributed by atoms with Crippen molar-refractivity contribution in [3.05, 3.63) is 105 Å². The van der Waals surface area contributed by atoms with Gasteiger partial charge in [0.25, 0.3) is 0 Å². The number of Topliss-reactive ketones (excluding diaryl/α,β-unsaturated/α-hetero) is 3. The maximum Gasteiger partial charge on any atom is 0.166 e. The molecule has 10 heteroatoms. The topological polar surface area (TPSA) is 108 Å². The molecular formula is C43H47ClFN3O5. The molecular weight excluding hydrogens is 693 g/mol. The lowest BCUT2D eigenvalue weighted by molar-refractivity contribution is -0.125. The summed E-state index contributed by atoms with van der Waals surface area (Å²) in [5.41, 5.74) is 5.08. The molecule has 0 N–H and O–H groups in total. The number of rotatable bonds is 20. The third-order valence-corrected chi connectivity index (χ3v) is 9.72. The van der Waals surface area contributed by atoms with E-state index in [-0.39, 0.29) is 35.9 Å². The van der Waals surface area contributed by atoms with Crippen molar-refractivity contribution in [2.75, 3.05) is 14.2 Å². The summed E-state index contributed by atoms with van der Waals surface area (Å²) in [4.78, 5) is 50.2. The van der Waals surface area contributed by atoms with Gasteiger partial charge >= 0.3 is 0 Å². The van der Waals surface area contributed by atoms with Crippen LogP contribution in [-0.4, -0.2) is 47.2 Å². The molecule has 8 nitrogen and oxygen atoms in total. The van der Waals surface area contributed by atoms with Gasteiger partial charge in [-0.2, -0.15) is 0 Å². The van der Waals surface area contributed by atoms with Crippen molar-refractivity contribution in [1.82, 2.24) is 9.97 Å². The van der Waals surface area contributed by atoms with Gasteiger partial charge in [0.2, 0.25) is 0 Å². The van der Waals surface area contributed by atoms with Gasteiger partial charge in [-0.15, -0.1) is 0 Å². The van der Waals surface area contributed by atoms with Crippen LogP contribution < -0.4 is 9.47 Å². The van der Waals surface area contributed by atoms with Gasteiger partial charge in [-0.05, 0) is 61.7 Å². The predicted molar refractivity (Wildman–Crippen MR) is 206 cm³/mol. The van der Waals surface area contributed by atoms with Crippen LogP contribution in [0, 0.1) is 5.82 Å². The Morgan fingerprint density at radius 1 is 0.811 bits per heavy atom. The molecule has 53 heavy (non-hydrogen) atoms. The summed E-state index contributed by atoms with van der Waals surface area (Å²) in [5, 5.41) is 0.490. The van der Waals surface area contributed by atoms with Crippen LogP contribution in [0.15, 0.2) is 65.8 Å². The highest BCUT2D eigenvalue weighted by atomic mass is 35.5. The third-order valence-electron chi connectivity index (χ3n) is 9.48. The smallest absolute Gasteiger partial charge is 0.166 e. The Morgan fingerprint density at radius 2 is 1.51 bits per heavy atom. The lowest BCUT2D eigenvalue weighted by Crippen LogP contribution is -2.09. The number of unbranched alkanes of at least 4 members (excludes halogenated alkanes) is 8. The number of fused-ring (bicyclic) bond motifs is 3. The van der Waals surface area contributed by atoms with Gasteiger partial charge in [0.05, 0.1) is 49.7 Å². The molecule has 2 heterocycles. The van der Waals surface area contributed by atoms with Gasteiger partial charge in [-0.1, -0.05) is 74.7 Å². The molecule has 278 valence electrons. The summed E-state index contributed by atoms with van der Waals surface area (Å²) in [6.07, 6.45) is 12.5. The van der Waals surface area contributed by atoms with E-state index >= 15 is 4.39 Å². The SMILES string of the molecule is COc1cc(Cc2ncc3c(n2)-c2ccc(Cl)cc2C(c2c(F)cccc2OC)=NC3)ccc1C(=O)CCCCCCCCCCCC(=O)CC(C)=O. The van der Waals surface area contributed by atoms with Crippen molar-refractivity contribution in [3.63, 3.8) is 0 Å². The summed E-state index contributed by atoms with van der Waals surface area (Å²) < 4.78 is 26.4. The highest BCUT2D eigenvalue weighted by Gasteiger charge is 2.25. The molecule has 0 unspecified atom stereocenters. The van der Waals surface area contributed by atoms with E-state index < -0.39 is 5.82 Å². The van der Waals surface area contributed by atoms with Gasteiger partial charge in [0.1, 0.15) is 34.7 Å². The van der Waals surface area contributed by atoms with Crippen LogP contribution in [0.5, 0.6) is 11.5 Å². The maximum atomic E-state index is 15.3. The highest BCUT2D eigenvalue weighted by molar-refractivity contribution is 6.31. The van der Waals surface area contributed by atoms with Crippen LogP contribution >= 0.6 is 11.6 Å². The molecule has 0 amide bonds. The standard InChI is InChI=1S/C43H47ClFN3O5/c1-28(49)22-32(50)14-11-9-7-5-4-6-8-10-12-16-37(51)34-20-18-29(23-39(34)53-3)24-40-46-26-30-27-47-43(41-36(45)15-13-17-38(41)52-2)35-25-31(44)19-21-33(35)42(30)48-40/h13,15,17-21,23,25-26H,4-12,14,16,22,24,27H2,1-3H3. The van der Waals surface area contributed by atoms with Crippen LogP contribution in [0.2, 0.25) is 5.02 Å². The normalized spacial score (nSPS) is 12.0. The number of carbonyl (C=O) groups is 3. The summed E-state index contributed by atoms with van der Waals surface area (Å²) in [6.45, 7) is 1.70. The summed E-state index contributed by atoms with van der Waals surface area (Å²) >= 11 is 6.45. The Labute approximate surface area is 316 Å². The van der Waals surface area contributed by atoms with E-state index in [1.165, 1.54) is 20.1 Å². The lowest BCUT2D eigenvalue weighted by Gasteiger charge is -2.15. The number of hydrogen-bond acceptors (Lipinski definition) is 8. The Morgan fingerprint density at radius 3 is 2.21 bits per heavy atom. The van der Waals surface area contributed by atoms with Crippen LogP contribution in [0.4, 0.5) is 4.39 Å². The van der Waals surface area contributed by atoms with E-state index in [1.807, 2.05) is 24.3 Å². The first-order valence-corrected chi connectivity index (χ1v) is 18.8. The predicted octanol–water partition coefficient (Wildman–Crippen LogP) is 9.92. The Bertz CT molecular complexity index is 1980. The molecule has 0 saturated heterocycles. The number of hydrogen-bond donors (Lipinski definition) is 0. The quantitative estimate of drug-likeness (QED) is 0.0504. The highest BCUT2D eigenvalue weighted by Crippen LogP contribution is 2.36. The van der Waals surface area contributed by atoms with Crippen LogP contribution in [-0.2, 0) is 22.6 Å². The molecule has 4 aromatic rings. The van der Waals surface area contributed by atoms with Crippen LogP contribution in [0.1, 0.15) is 122 Å². The third kappa shape index (κ3) is 10.7. The molecule has 5 rings (SSSR count). The van der Waals surface area contributed by atoms with E-state index in [2.05, 4.69) is 4.98 Å². The number of methoxy groups -OCH3 is 2. The lowest BCUT2D eigenvalue weighted by atomic mass is 9.94. The molecule has 0 radical (unpaired) electrons. The fourth-order valence-corrected chi connectivity index (χ4v) is 6.94. The fraction of sp³-hybridized carbons (Fsp3) is 0.395. The fourth-order valence-electron chi connectivity index (χ4n) is 6.77. The molecule has 0 fully saturated rings. The van der Waals surface area contributed by atoms with Gasteiger partial charge < -0.3 is 9.47 Å². The van der Waals surface area contributed by atoms with Crippen LogP contribution in [0.3, 0.4) is 0 Å². The first-order valence-electron chi connectivity index (χ1n) is 18.4. The number of benzene rings is 3. The van der Waals surface area contributed by atoms with Gasteiger partial charge in [-0.25, -0.2) is 14.4 Å². The number of nitrogens with zero attached hydrogens (tertiary/aromatic N) is 3. The monoisotopic (exact) mass is 739 g/mol. The Hall–Kier alpha value is -4.76. The second kappa shape index (κ2) is 19.4. The Balaban J connectivity index is 1.16. The molecule has 0 aliphatic carbocycles. The van der Waals surface area contributed by atoms with Crippen LogP contribution in [0.25, 0.3) is 11.3 Å². The average molecular weight is 740 g/mol. The molecule has 1 aliphatic heterocycles. The molecule has 0 bridgehead atoms. The summed E-state index contributed by atoms with van der Waals surface area (Å²) in [5.74, 6) is 1.09. The minimum atomic E-state index is -0.447. The van der Waals surface area contributed by atoms with Gasteiger partial charge in [0.15, 0.2) is 5.78 Å². The number of aromatic nitrogens is 2. The minimum absolute atomic E-state index is 0.0481. The summed E-state index contributed by atoms with van der Waals surface area (Å²) in [7, 11) is 3.07. The second-order valence-corrected chi connectivity index (χ2v) is 14.0. The van der Waals surface area contributed by atoms with Gasteiger partial charge in [0, 0.05) is 47.2 Å². The number of carbonyl (C=O) groups excluding carboxylic acids is 3. The zero-order chi connectivity index (χ0) is 37.7. The molecule has 1 aliphatic rings. The zero-order valence-corrected chi connectivity index (χ0v) is 31.6. The largest absolute Gasteiger partial charge is 0.496 e. The van der Waals surface area contributed by atoms with Crippen molar-refractivity contribution in [2.24, 2.45) is 4.99 Å². The molecule has 3 aromatic carbocycles. The number of aliphatic imine (C=N–C) groups is 1. The first kappa shape index (κ1) is 39.4. The molecule has 0 saturated carbocycles. The minimum Gasteiger partial charge on any atom is -0.496 e. The molecule has 0 atom stereocenters. The van der Waals surface area contributed by atoms with Crippen molar-refractivity contribution in [3.8, 4) is 22.8 Å². The summed E-state index contributed by atoms with van der Waals surface area (Å²) in [6, 6.07) is 15.7. The second-order valence-electron chi connectivity index (χ2n) is 13.6. The van der Waals surface area contributed by atoms with E-state index in [0.717, 1.165) is 74.5 Å². The van der Waals surface area contributed by atoms with Crippen molar-refractivity contribution in [2.45, 2.75) is 96.9 Å². The van der Waals surface area contributed by atoms with Crippen molar-refractivity contribution in [1.29, 1.82) is 0 Å². The van der Waals surface area contributed by atoms with Crippen molar-refractivity contribution >= 4 is 34.7 Å². The first-order chi connectivity index (χ1) is 25.7. The van der Waals surface area contributed by atoms with Gasteiger partial charge in [-0.3, -0.25) is 19.4 Å². The number of ketones is 3. The molecule has 1 aromatic heterocycles. The maximum absolute atomic E-state index is 15.3. The van der Waals surface area contributed by atoms with E-state index in [0.29, 0.717) is 64.1 Å². The van der Waals surface area contributed by atoms with E-state index in [9.17, 15) is 14.4 Å². The van der Waals surface area contributed by atoms with Crippen molar-refractivity contribution < 1.29 is 28.2 Å². The number of ether oxygens (including phenoxy) is 2. The van der Waals surface area contributed by atoms with E-state index in [1.54, 1.807) is 37.6 Å². The Kier molecular flexibility index (Phi) is 14.4.